The van der Waals surface area contributed by atoms with Crippen molar-refractivity contribution >= 4 is 17.5 Å². The van der Waals surface area contributed by atoms with Crippen LogP contribution in [-0.4, -0.2) is 38.3 Å². The first-order valence-electron chi connectivity index (χ1n) is 5.55. The molecule has 1 heterocycles. The molecule has 0 N–H and O–H groups in total. The van der Waals surface area contributed by atoms with Gasteiger partial charge in [-0.05, 0) is 12.1 Å². The highest BCUT2D eigenvalue weighted by Crippen LogP contribution is 2.38. The smallest absolute Gasteiger partial charge is 0.277 e. The van der Waals surface area contributed by atoms with Gasteiger partial charge in [0.25, 0.3) is 5.91 Å². The van der Waals surface area contributed by atoms with Crippen LogP contribution in [0, 0.1) is 0 Å². The largest absolute Gasteiger partial charge is 0.489 e. The van der Waals surface area contributed by atoms with Gasteiger partial charge in [-0.1, -0.05) is 11.6 Å². The van der Waals surface area contributed by atoms with Crippen LogP contribution >= 0.6 is 11.6 Å². The monoisotopic (exact) mass is 271 g/mol. The summed E-state index contributed by atoms with van der Waals surface area (Å²) in [5, 5.41) is 1.48. The van der Waals surface area contributed by atoms with Crippen LogP contribution in [0.2, 0.25) is 5.02 Å². The lowest BCUT2D eigenvalue weighted by molar-refractivity contribution is -0.0757. The Bertz CT molecular complexity index is 464. The normalized spacial score (nSPS) is 13.9. The molecule has 0 atom stereocenters. The predicted octanol–water partition coefficient (Wildman–Crippen LogP) is 2.13. The molecule has 1 aliphatic rings. The number of hydroxylamine groups is 2. The summed E-state index contributed by atoms with van der Waals surface area (Å²) in [4.78, 5) is 16.8. The fourth-order valence-corrected chi connectivity index (χ4v) is 1.88. The van der Waals surface area contributed by atoms with E-state index in [1.54, 1.807) is 12.1 Å². The molecule has 1 aromatic rings. The topological polar surface area (TPSA) is 48.0 Å². The Morgan fingerprint density at radius 3 is 2.83 bits per heavy atom. The summed E-state index contributed by atoms with van der Waals surface area (Å²) in [6.45, 7) is 1.10. The number of halogens is 1. The molecule has 98 valence electrons. The first-order valence-corrected chi connectivity index (χ1v) is 5.92. The Morgan fingerprint density at radius 1 is 1.39 bits per heavy atom. The van der Waals surface area contributed by atoms with Crippen molar-refractivity contribution in [1.82, 2.24) is 5.06 Å². The zero-order valence-electron chi connectivity index (χ0n) is 10.2. The first kappa shape index (κ1) is 13.0. The molecule has 0 saturated carbocycles. The standard InChI is InChI=1S/C12H14ClNO4/c1-14(16-2)12(15)8-6-9(13)11-10(7-8)17-4-3-5-18-11/h6-7H,3-5H2,1-2H3. The minimum absolute atomic E-state index is 0.296. The van der Waals surface area contributed by atoms with Gasteiger partial charge in [0.2, 0.25) is 0 Å². The second-order valence-electron chi connectivity index (χ2n) is 3.82. The Labute approximate surface area is 110 Å². The average Bonchev–Trinajstić information content (AvgIpc) is 2.62. The van der Waals surface area contributed by atoms with Gasteiger partial charge in [0.15, 0.2) is 11.5 Å². The molecule has 0 aromatic heterocycles. The molecule has 2 rings (SSSR count). The molecular weight excluding hydrogens is 258 g/mol. The van der Waals surface area contributed by atoms with Crippen LogP contribution in [-0.2, 0) is 4.84 Å². The number of benzene rings is 1. The first-order chi connectivity index (χ1) is 8.63. The summed E-state index contributed by atoms with van der Waals surface area (Å²) in [5.74, 6) is 0.689. The number of nitrogens with zero attached hydrogens (tertiary/aromatic N) is 1. The molecule has 0 aliphatic carbocycles. The van der Waals surface area contributed by atoms with E-state index in [2.05, 4.69) is 0 Å². The summed E-state index contributed by atoms with van der Waals surface area (Å²) >= 11 is 6.10. The third-order valence-corrected chi connectivity index (χ3v) is 2.89. The van der Waals surface area contributed by atoms with E-state index in [9.17, 15) is 4.79 Å². The van der Waals surface area contributed by atoms with E-state index in [-0.39, 0.29) is 5.91 Å². The van der Waals surface area contributed by atoms with Crippen LogP contribution in [0.15, 0.2) is 12.1 Å². The van der Waals surface area contributed by atoms with Gasteiger partial charge < -0.3 is 9.47 Å². The maximum Gasteiger partial charge on any atom is 0.277 e. The lowest BCUT2D eigenvalue weighted by Crippen LogP contribution is -2.25. The van der Waals surface area contributed by atoms with Crippen LogP contribution in [0.4, 0.5) is 0 Å². The zero-order chi connectivity index (χ0) is 13.1. The number of amides is 1. The van der Waals surface area contributed by atoms with E-state index >= 15 is 0 Å². The molecule has 0 bridgehead atoms. The average molecular weight is 272 g/mol. The maximum absolute atomic E-state index is 11.9. The number of hydrogen-bond acceptors (Lipinski definition) is 4. The van der Waals surface area contributed by atoms with Crippen molar-refractivity contribution in [3.63, 3.8) is 0 Å². The lowest BCUT2D eigenvalue weighted by atomic mass is 10.2. The van der Waals surface area contributed by atoms with Crippen molar-refractivity contribution in [2.24, 2.45) is 0 Å². The summed E-state index contributed by atoms with van der Waals surface area (Å²) < 4.78 is 11.0. The molecule has 1 aromatic carbocycles. The van der Waals surface area contributed by atoms with Gasteiger partial charge in [-0.3, -0.25) is 9.63 Å². The van der Waals surface area contributed by atoms with Crippen LogP contribution in [0.5, 0.6) is 11.5 Å². The highest BCUT2D eigenvalue weighted by atomic mass is 35.5. The highest BCUT2D eigenvalue weighted by Gasteiger charge is 2.20. The van der Waals surface area contributed by atoms with Crippen LogP contribution in [0.3, 0.4) is 0 Å². The van der Waals surface area contributed by atoms with Crippen molar-refractivity contribution < 1.29 is 19.1 Å². The molecule has 0 fully saturated rings. The molecule has 1 aliphatic heterocycles. The molecule has 0 saturated heterocycles. The Hall–Kier alpha value is -1.46. The predicted molar refractivity (Wildman–Crippen MR) is 66.2 cm³/mol. The van der Waals surface area contributed by atoms with Gasteiger partial charge in [0, 0.05) is 19.0 Å². The minimum atomic E-state index is -0.296. The van der Waals surface area contributed by atoms with Gasteiger partial charge in [0.1, 0.15) is 0 Å². The highest BCUT2D eigenvalue weighted by molar-refractivity contribution is 6.32. The number of ether oxygens (including phenoxy) is 2. The molecule has 1 amide bonds. The number of fused-ring (bicyclic) bond motifs is 1. The number of hydrogen-bond donors (Lipinski definition) is 0. The van der Waals surface area contributed by atoms with Crippen molar-refractivity contribution in [2.45, 2.75) is 6.42 Å². The van der Waals surface area contributed by atoms with Crippen molar-refractivity contribution in [2.75, 3.05) is 27.4 Å². The molecule has 6 heteroatoms. The van der Waals surface area contributed by atoms with E-state index in [4.69, 9.17) is 25.9 Å². The molecule has 0 radical (unpaired) electrons. The van der Waals surface area contributed by atoms with Gasteiger partial charge in [-0.2, -0.15) is 0 Å². The summed E-state index contributed by atoms with van der Waals surface area (Å²) in [7, 11) is 2.95. The zero-order valence-corrected chi connectivity index (χ0v) is 11.0. The SMILES string of the molecule is CON(C)C(=O)c1cc(Cl)c2c(c1)OCCCO2. The van der Waals surface area contributed by atoms with Gasteiger partial charge in [0.05, 0.1) is 25.3 Å². The Balaban J connectivity index is 2.37. The third-order valence-electron chi connectivity index (χ3n) is 2.61. The lowest BCUT2D eigenvalue weighted by Gasteiger charge is -2.15. The number of rotatable bonds is 2. The Morgan fingerprint density at radius 2 is 2.11 bits per heavy atom. The van der Waals surface area contributed by atoms with Crippen LogP contribution < -0.4 is 9.47 Å². The van der Waals surface area contributed by atoms with E-state index in [1.807, 2.05) is 0 Å². The van der Waals surface area contributed by atoms with Crippen molar-refractivity contribution in [1.29, 1.82) is 0 Å². The van der Waals surface area contributed by atoms with Crippen LogP contribution in [0.25, 0.3) is 0 Å². The van der Waals surface area contributed by atoms with Crippen molar-refractivity contribution in [3.8, 4) is 11.5 Å². The van der Waals surface area contributed by atoms with Gasteiger partial charge in [-0.25, -0.2) is 5.06 Å². The van der Waals surface area contributed by atoms with Crippen LogP contribution in [0.1, 0.15) is 16.8 Å². The van der Waals surface area contributed by atoms with Gasteiger partial charge in [-0.15, -0.1) is 0 Å². The second-order valence-corrected chi connectivity index (χ2v) is 4.23. The summed E-state index contributed by atoms with van der Waals surface area (Å²) in [6.07, 6.45) is 0.784. The fraction of sp³-hybridized carbons (Fsp3) is 0.417. The number of carbonyl (C=O) groups excluding carboxylic acids is 1. The summed E-state index contributed by atoms with van der Waals surface area (Å²) in [5.41, 5.74) is 0.397. The quantitative estimate of drug-likeness (QED) is 0.773. The maximum atomic E-state index is 11.9. The third kappa shape index (κ3) is 2.52. The number of carbonyl (C=O) groups is 1. The molecule has 5 nitrogen and oxygen atoms in total. The molecular formula is C12H14ClNO4. The second kappa shape index (κ2) is 5.46. The summed E-state index contributed by atoms with van der Waals surface area (Å²) in [6, 6.07) is 3.16. The Kier molecular flexibility index (Phi) is 3.93. The van der Waals surface area contributed by atoms with Gasteiger partial charge >= 0.3 is 0 Å². The molecule has 0 spiro atoms. The van der Waals surface area contributed by atoms with E-state index in [0.29, 0.717) is 35.3 Å². The molecule has 0 unspecified atom stereocenters. The van der Waals surface area contributed by atoms with E-state index < -0.39 is 0 Å². The molecule has 18 heavy (non-hydrogen) atoms. The van der Waals surface area contributed by atoms with Crippen molar-refractivity contribution in [3.05, 3.63) is 22.7 Å². The minimum Gasteiger partial charge on any atom is -0.489 e. The fourth-order valence-electron chi connectivity index (χ4n) is 1.62. The van der Waals surface area contributed by atoms with E-state index in [1.165, 1.54) is 14.2 Å². The van der Waals surface area contributed by atoms with E-state index in [0.717, 1.165) is 11.5 Å².